The number of nitrogens with zero attached hydrogens (tertiary/aromatic N) is 1. The van der Waals surface area contributed by atoms with Crippen molar-refractivity contribution in [1.82, 2.24) is 0 Å². The zero-order valence-electron chi connectivity index (χ0n) is 7.03. The van der Waals surface area contributed by atoms with Gasteiger partial charge in [0, 0.05) is 5.56 Å². The lowest BCUT2D eigenvalue weighted by atomic mass is 10.0. The van der Waals surface area contributed by atoms with Crippen LogP contribution in [0.5, 0.6) is 5.75 Å². The van der Waals surface area contributed by atoms with Gasteiger partial charge < -0.3 is 5.11 Å². The maximum Gasteiger partial charge on any atom is 0.157 e. The number of hydrogen-bond donors (Lipinski definition) is 1. The molecule has 1 rings (SSSR count). The normalized spacial score (nSPS) is 9.23. The first-order chi connectivity index (χ1) is 6.24. The molecule has 0 fully saturated rings. The number of rotatable bonds is 3. The fourth-order valence-corrected chi connectivity index (χ4v) is 1.10. The van der Waals surface area contributed by atoms with Crippen LogP contribution >= 0.6 is 0 Å². The van der Waals surface area contributed by atoms with E-state index in [4.69, 9.17) is 0 Å². The first-order valence-corrected chi connectivity index (χ1v) is 3.68. The monoisotopic (exact) mass is 175 g/mol. The highest BCUT2D eigenvalue weighted by atomic mass is 16.3. The molecule has 0 aliphatic carbocycles. The highest BCUT2D eigenvalue weighted by Gasteiger charge is 2.08. The summed E-state index contributed by atoms with van der Waals surface area (Å²) in [5, 5.41) is 12.0. The maximum atomic E-state index is 10.4. The van der Waals surface area contributed by atoms with Crippen molar-refractivity contribution < 1.29 is 5.11 Å². The molecule has 0 aliphatic heterocycles. The van der Waals surface area contributed by atoms with E-state index >= 15 is 0 Å². The molecule has 13 heavy (non-hydrogen) atoms. The average Bonchev–Trinajstić information content (AvgIpc) is 2.17. The standard InChI is InChI=1S/C10H9NO2/c1-3-7-5-6-9(12)10(11-13)8(7)4-2/h3-6,12H,1-2H2. The molecule has 0 aromatic heterocycles. The number of benzene rings is 1. The smallest absolute Gasteiger partial charge is 0.157 e. The number of aromatic hydroxyl groups is 1. The Morgan fingerprint density at radius 2 is 2.00 bits per heavy atom. The van der Waals surface area contributed by atoms with Gasteiger partial charge >= 0.3 is 0 Å². The van der Waals surface area contributed by atoms with E-state index in [1.54, 1.807) is 12.1 Å². The molecule has 0 saturated carbocycles. The molecule has 0 radical (unpaired) electrons. The molecular weight excluding hydrogens is 166 g/mol. The summed E-state index contributed by atoms with van der Waals surface area (Å²) >= 11 is 0. The molecule has 0 saturated heterocycles. The second-order valence-corrected chi connectivity index (χ2v) is 2.44. The molecule has 0 atom stereocenters. The van der Waals surface area contributed by atoms with E-state index in [2.05, 4.69) is 18.3 Å². The Labute approximate surface area is 76.0 Å². The van der Waals surface area contributed by atoms with Gasteiger partial charge in [-0.25, -0.2) is 0 Å². The Morgan fingerprint density at radius 1 is 1.31 bits per heavy atom. The first kappa shape index (κ1) is 9.19. The van der Waals surface area contributed by atoms with Gasteiger partial charge in [-0.1, -0.05) is 31.4 Å². The van der Waals surface area contributed by atoms with E-state index < -0.39 is 0 Å². The molecule has 66 valence electrons. The molecule has 1 N–H and O–H groups in total. The molecule has 0 aliphatic rings. The van der Waals surface area contributed by atoms with Crippen molar-refractivity contribution in [2.24, 2.45) is 5.18 Å². The summed E-state index contributed by atoms with van der Waals surface area (Å²) in [4.78, 5) is 10.4. The van der Waals surface area contributed by atoms with E-state index in [9.17, 15) is 10.0 Å². The summed E-state index contributed by atoms with van der Waals surface area (Å²) in [6.45, 7) is 7.10. The van der Waals surface area contributed by atoms with E-state index in [1.807, 2.05) is 0 Å². The molecule has 1 aromatic rings. The number of nitroso groups, excluding NO2 is 1. The predicted molar refractivity (Wildman–Crippen MR) is 53.7 cm³/mol. The highest BCUT2D eigenvalue weighted by Crippen LogP contribution is 2.33. The summed E-state index contributed by atoms with van der Waals surface area (Å²) in [5.74, 6) is -0.143. The molecule has 0 bridgehead atoms. The Balaban J connectivity index is 3.53. The first-order valence-electron chi connectivity index (χ1n) is 3.68. The van der Waals surface area contributed by atoms with Crippen molar-refractivity contribution in [3.8, 4) is 5.75 Å². The van der Waals surface area contributed by atoms with Gasteiger partial charge in [-0.3, -0.25) is 0 Å². The fraction of sp³-hybridized carbons (Fsp3) is 0. The summed E-state index contributed by atoms with van der Waals surface area (Å²) in [5.41, 5.74) is 1.24. The van der Waals surface area contributed by atoms with Gasteiger partial charge in [0.15, 0.2) is 5.69 Å². The minimum Gasteiger partial charge on any atom is -0.506 e. The Bertz CT molecular complexity index is 369. The quantitative estimate of drug-likeness (QED) is 0.717. The molecule has 0 unspecified atom stereocenters. The van der Waals surface area contributed by atoms with Crippen LogP contribution in [0.3, 0.4) is 0 Å². The Hall–Kier alpha value is -1.90. The molecular formula is C10H9NO2. The van der Waals surface area contributed by atoms with Gasteiger partial charge in [0.05, 0.1) is 0 Å². The summed E-state index contributed by atoms with van der Waals surface area (Å²) in [6, 6.07) is 3.05. The molecule has 3 nitrogen and oxygen atoms in total. The zero-order valence-corrected chi connectivity index (χ0v) is 7.03. The summed E-state index contributed by atoms with van der Waals surface area (Å²) in [6.07, 6.45) is 3.04. The predicted octanol–water partition coefficient (Wildman–Crippen LogP) is 3.08. The molecule has 3 heteroatoms. The van der Waals surface area contributed by atoms with E-state index in [0.29, 0.717) is 5.56 Å². The van der Waals surface area contributed by atoms with Gasteiger partial charge in [-0.2, -0.15) is 0 Å². The van der Waals surface area contributed by atoms with Gasteiger partial charge in [0.1, 0.15) is 5.75 Å². The van der Waals surface area contributed by atoms with Crippen molar-refractivity contribution in [1.29, 1.82) is 0 Å². The third kappa shape index (κ3) is 1.49. The SMILES string of the molecule is C=Cc1ccc(O)c(N=O)c1C=C. The highest BCUT2D eigenvalue weighted by molar-refractivity contribution is 5.76. The number of phenolic OH excluding ortho intramolecular Hbond substituents is 1. The number of phenols is 1. The van der Waals surface area contributed by atoms with E-state index in [0.717, 1.165) is 5.56 Å². The molecule has 0 amide bonds. The lowest BCUT2D eigenvalue weighted by Gasteiger charge is -2.04. The van der Waals surface area contributed by atoms with Gasteiger partial charge in [-0.05, 0) is 16.8 Å². The van der Waals surface area contributed by atoms with Crippen molar-refractivity contribution in [2.75, 3.05) is 0 Å². The van der Waals surface area contributed by atoms with Crippen LogP contribution in [0.4, 0.5) is 5.69 Å². The second kappa shape index (κ2) is 3.67. The Morgan fingerprint density at radius 3 is 2.46 bits per heavy atom. The third-order valence-corrected chi connectivity index (χ3v) is 1.74. The lowest BCUT2D eigenvalue weighted by molar-refractivity contribution is 0.476. The van der Waals surface area contributed by atoms with Crippen molar-refractivity contribution in [3.63, 3.8) is 0 Å². The molecule has 0 spiro atoms. The third-order valence-electron chi connectivity index (χ3n) is 1.74. The minimum absolute atomic E-state index is 0.00685. The largest absolute Gasteiger partial charge is 0.506 e. The van der Waals surface area contributed by atoms with E-state index in [-0.39, 0.29) is 11.4 Å². The molecule has 1 aromatic carbocycles. The van der Waals surface area contributed by atoms with Crippen LogP contribution in [0.1, 0.15) is 11.1 Å². The van der Waals surface area contributed by atoms with Crippen LogP contribution in [0, 0.1) is 4.91 Å². The van der Waals surface area contributed by atoms with Crippen LogP contribution in [0.2, 0.25) is 0 Å². The van der Waals surface area contributed by atoms with Crippen molar-refractivity contribution in [2.45, 2.75) is 0 Å². The summed E-state index contributed by atoms with van der Waals surface area (Å²) in [7, 11) is 0. The van der Waals surface area contributed by atoms with Crippen molar-refractivity contribution >= 4 is 17.8 Å². The van der Waals surface area contributed by atoms with Crippen LogP contribution < -0.4 is 0 Å². The summed E-state index contributed by atoms with van der Waals surface area (Å²) < 4.78 is 0. The topological polar surface area (TPSA) is 49.7 Å². The van der Waals surface area contributed by atoms with E-state index in [1.165, 1.54) is 12.1 Å². The van der Waals surface area contributed by atoms with Gasteiger partial charge in [0.2, 0.25) is 0 Å². The van der Waals surface area contributed by atoms with Crippen LogP contribution in [-0.2, 0) is 0 Å². The average molecular weight is 175 g/mol. The zero-order chi connectivity index (χ0) is 9.84. The second-order valence-electron chi connectivity index (χ2n) is 2.44. The maximum absolute atomic E-state index is 10.4. The van der Waals surface area contributed by atoms with Gasteiger partial charge in [0.25, 0.3) is 0 Å². The number of hydrogen-bond acceptors (Lipinski definition) is 3. The lowest BCUT2D eigenvalue weighted by Crippen LogP contribution is -1.81. The Kier molecular flexibility index (Phi) is 2.59. The van der Waals surface area contributed by atoms with Crippen molar-refractivity contribution in [3.05, 3.63) is 41.3 Å². The van der Waals surface area contributed by atoms with Gasteiger partial charge in [-0.15, -0.1) is 4.91 Å². The molecule has 0 heterocycles. The van der Waals surface area contributed by atoms with Crippen LogP contribution in [0.25, 0.3) is 12.2 Å². The minimum atomic E-state index is -0.143. The van der Waals surface area contributed by atoms with Crippen LogP contribution in [-0.4, -0.2) is 5.11 Å². The fourth-order valence-electron chi connectivity index (χ4n) is 1.10. The van der Waals surface area contributed by atoms with Crippen LogP contribution in [0.15, 0.2) is 30.5 Å².